The number of ether oxygens (including phenoxy) is 1. The molecule has 1 atom stereocenters. The zero-order valence-electron chi connectivity index (χ0n) is 14.8. The molecule has 2 N–H and O–H groups in total. The van der Waals surface area contributed by atoms with Gasteiger partial charge in [0.25, 0.3) is 0 Å². The lowest BCUT2D eigenvalue weighted by Gasteiger charge is -2.24. The van der Waals surface area contributed by atoms with Crippen LogP contribution in [-0.4, -0.2) is 33.5 Å². The first-order valence-electron chi connectivity index (χ1n) is 8.64. The Morgan fingerprint density at radius 1 is 1.25 bits per heavy atom. The fourth-order valence-electron chi connectivity index (χ4n) is 3.37. The van der Waals surface area contributed by atoms with E-state index in [0.29, 0.717) is 11.1 Å². The molecule has 4 aromatic rings. The van der Waals surface area contributed by atoms with Crippen LogP contribution >= 0.6 is 11.3 Å². The highest BCUT2D eigenvalue weighted by Gasteiger charge is 2.33. The molecule has 8 nitrogen and oxygen atoms in total. The van der Waals surface area contributed by atoms with Crippen molar-refractivity contribution >= 4 is 55.5 Å². The Labute approximate surface area is 163 Å². The van der Waals surface area contributed by atoms with E-state index in [4.69, 9.17) is 4.74 Å². The zero-order valence-corrected chi connectivity index (χ0v) is 15.6. The van der Waals surface area contributed by atoms with Crippen LogP contribution in [0.3, 0.4) is 0 Å². The second kappa shape index (κ2) is 6.31. The highest BCUT2D eigenvalue weighted by molar-refractivity contribution is 7.22. The van der Waals surface area contributed by atoms with Gasteiger partial charge in [0, 0.05) is 0 Å². The Morgan fingerprint density at radius 2 is 2.11 bits per heavy atom. The third-order valence-corrected chi connectivity index (χ3v) is 5.60. The molecule has 0 saturated carbocycles. The molecule has 5 rings (SSSR count). The number of anilines is 2. The van der Waals surface area contributed by atoms with E-state index in [1.807, 2.05) is 42.5 Å². The largest absolute Gasteiger partial charge is 0.497 e. The number of carbonyl (C=O) groups is 2. The highest BCUT2D eigenvalue weighted by atomic mass is 32.1. The quantitative estimate of drug-likeness (QED) is 0.557. The van der Waals surface area contributed by atoms with Gasteiger partial charge < -0.3 is 10.1 Å². The topological polar surface area (TPSA) is 98.1 Å². The number of carbonyl (C=O) groups excluding carboxylic acids is 2. The van der Waals surface area contributed by atoms with Gasteiger partial charge in [-0.05, 0) is 30.3 Å². The lowest BCUT2D eigenvalue weighted by molar-refractivity contribution is -0.124. The summed E-state index contributed by atoms with van der Waals surface area (Å²) in [7, 11) is 1.60. The minimum Gasteiger partial charge on any atom is -0.497 e. The number of thiazole rings is 1. The summed E-state index contributed by atoms with van der Waals surface area (Å²) < 4.78 is 7.90. The fraction of sp³-hybridized carbons (Fsp3) is 0.158. The summed E-state index contributed by atoms with van der Waals surface area (Å²) in [6.07, 6.45) is 0.0396. The third kappa shape index (κ3) is 2.67. The van der Waals surface area contributed by atoms with E-state index in [9.17, 15) is 9.59 Å². The van der Waals surface area contributed by atoms with Crippen molar-refractivity contribution in [3.63, 3.8) is 0 Å². The molecule has 28 heavy (non-hydrogen) atoms. The fourth-order valence-corrected chi connectivity index (χ4v) is 4.27. The van der Waals surface area contributed by atoms with Crippen LogP contribution in [0, 0.1) is 0 Å². The lowest BCUT2D eigenvalue weighted by atomic mass is 10.1. The second-order valence-corrected chi connectivity index (χ2v) is 7.43. The van der Waals surface area contributed by atoms with Gasteiger partial charge in [-0.2, -0.15) is 0 Å². The molecule has 2 amide bonds. The van der Waals surface area contributed by atoms with Gasteiger partial charge in [0.2, 0.25) is 17.8 Å². The van der Waals surface area contributed by atoms with Crippen LogP contribution < -0.4 is 15.4 Å². The lowest BCUT2D eigenvalue weighted by Crippen LogP contribution is -2.35. The van der Waals surface area contributed by atoms with Crippen LogP contribution in [-0.2, 0) is 9.59 Å². The van der Waals surface area contributed by atoms with E-state index in [2.05, 4.69) is 20.6 Å². The molecule has 3 heterocycles. The number of methoxy groups -OCH3 is 1. The average molecular weight is 393 g/mol. The summed E-state index contributed by atoms with van der Waals surface area (Å²) >= 11 is 1.36. The number of imidazole rings is 1. The van der Waals surface area contributed by atoms with Crippen LogP contribution in [0.25, 0.3) is 21.3 Å². The molecule has 0 saturated heterocycles. The smallest absolute Gasteiger partial charge is 0.249 e. The number of para-hydroxylation sites is 2. The number of fused-ring (bicyclic) bond motifs is 4. The first kappa shape index (κ1) is 16.7. The maximum Gasteiger partial charge on any atom is 0.249 e. The maximum absolute atomic E-state index is 13.0. The van der Waals surface area contributed by atoms with Crippen molar-refractivity contribution in [2.75, 3.05) is 17.7 Å². The third-order valence-electron chi connectivity index (χ3n) is 4.67. The van der Waals surface area contributed by atoms with Crippen LogP contribution in [0.15, 0.2) is 42.5 Å². The van der Waals surface area contributed by atoms with Crippen molar-refractivity contribution < 1.29 is 14.3 Å². The Bertz CT molecular complexity index is 1250. The van der Waals surface area contributed by atoms with Crippen molar-refractivity contribution in [1.82, 2.24) is 14.5 Å². The number of hydrogen-bond donors (Lipinski definition) is 2. The molecule has 2 aromatic carbocycles. The second-order valence-electron chi connectivity index (χ2n) is 6.40. The Kier molecular flexibility index (Phi) is 3.76. The summed E-state index contributed by atoms with van der Waals surface area (Å²) in [6, 6.07) is 12.3. The van der Waals surface area contributed by atoms with Crippen LogP contribution in [0.5, 0.6) is 5.75 Å². The summed E-state index contributed by atoms with van der Waals surface area (Å²) in [6.45, 7) is 0. The molecule has 0 fully saturated rings. The van der Waals surface area contributed by atoms with Crippen LogP contribution in [0.2, 0.25) is 0 Å². The molecule has 1 aliphatic heterocycles. The molecule has 0 aliphatic carbocycles. The standard InChI is InChI=1S/C19H15N5O3S/c1-27-10-6-7-12-15(8-10)28-19(21-12)23-17(26)14-9-16(25)22-18-20-11-4-2-3-5-13(11)24(14)18/h2-8,14H,9H2,1H3,(H,20,22,25)(H,21,23,26). The maximum atomic E-state index is 13.0. The number of benzene rings is 2. The predicted molar refractivity (Wildman–Crippen MR) is 107 cm³/mol. The number of rotatable bonds is 3. The molecule has 0 bridgehead atoms. The summed E-state index contributed by atoms with van der Waals surface area (Å²) in [5.74, 6) is 0.571. The van der Waals surface area contributed by atoms with Crippen molar-refractivity contribution in [3.05, 3.63) is 42.5 Å². The first-order valence-corrected chi connectivity index (χ1v) is 9.46. The number of nitrogens with zero attached hydrogens (tertiary/aromatic N) is 3. The number of amides is 2. The van der Waals surface area contributed by atoms with Gasteiger partial charge >= 0.3 is 0 Å². The molecule has 1 unspecified atom stereocenters. The molecule has 0 spiro atoms. The van der Waals surface area contributed by atoms with E-state index < -0.39 is 6.04 Å². The molecular weight excluding hydrogens is 378 g/mol. The average Bonchev–Trinajstić information content (AvgIpc) is 3.26. The Balaban J connectivity index is 1.50. The van der Waals surface area contributed by atoms with E-state index in [1.54, 1.807) is 11.7 Å². The van der Waals surface area contributed by atoms with Gasteiger partial charge in [-0.25, -0.2) is 9.97 Å². The SMILES string of the molecule is COc1ccc2nc(NC(=O)C3CC(=O)Nc4nc5ccccc5n43)sc2c1. The summed E-state index contributed by atoms with van der Waals surface area (Å²) in [5.41, 5.74) is 2.30. The predicted octanol–water partition coefficient (Wildman–Crippen LogP) is 3.18. The molecule has 2 aromatic heterocycles. The molecular formula is C19H15N5O3S. The monoisotopic (exact) mass is 393 g/mol. The summed E-state index contributed by atoms with van der Waals surface area (Å²) in [5, 5.41) is 6.07. The summed E-state index contributed by atoms with van der Waals surface area (Å²) in [4.78, 5) is 34.0. The van der Waals surface area contributed by atoms with Crippen molar-refractivity contribution in [3.8, 4) is 5.75 Å². The van der Waals surface area contributed by atoms with Gasteiger partial charge in [0.05, 0.1) is 34.8 Å². The normalized spacial score (nSPS) is 16.0. The zero-order chi connectivity index (χ0) is 19.3. The highest BCUT2D eigenvalue weighted by Crippen LogP contribution is 2.33. The van der Waals surface area contributed by atoms with Gasteiger partial charge in [-0.1, -0.05) is 23.5 Å². The van der Waals surface area contributed by atoms with E-state index >= 15 is 0 Å². The van der Waals surface area contributed by atoms with Gasteiger partial charge in [-0.3, -0.25) is 19.5 Å². The minimum atomic E-state index is -0.697. The Hall–Kier alpha value is -3.46. The molecule has 140 valence electrons. The number of hydrogen-bond acceptors (Lipinski definition) is 6. The number of nitrogens with one attached hydrogen (secondary N) is 2. The number of aromatic nitrogens is 3. The molecule has 0 radical (unpaired) electrons. The van der Waals surface area contributed by atoms with E-state index in [0.717, 1.165) is 27.0 Å². The van der Waals surface area contributed by atoms with Crippen molar-refractivity contribution in [2.45, 2.75) is 12.5 Å². The van der Waals surface area contributed by atoms with E-state index in [1.165, 1.54) is 11.3 Å². The van der Waals surface area contributed by atoms with Gasteiger partial charge in [-0.15, -0.1) is 0 Å². The molecule has 1 aliphatic rings. The van der Waals surface area contributed by atoms with Crippen molar-refractivity contribution in [2.24, 2.45) is 0 Å². The van der Waals surface area contributed by atoms with Crippen LogP contribution in [0.4, 0.5) is 11.1 Å². The Morgan fingerprint density at radius 3 is 2.96 bits per heavy atom. The van der Waals surface area contributed by atoms with Gasteiger partial charge in [0.1, 0.15) is 11.8 Å². The van der Waals surface area contributed by atoms with E-state index in [-0.39, 0.29) is 18.2 Å². The first-order chi connectivity index (χ1) is 13.6. The van der Waals surface area contributed by atoms with Gasteiger partial charge in [0.15, 0.2) is 5.13 Å². The van der Waals surface area contributed by atoms with Crippen LogP contribution in [0.1, 0.15) is 12.5 Å². The minimum absolute atomic E-state index is 0.0396. The molecule has 9 heteroatoms. The van der Waals surface area contributed by atoms with Crippen molar-refractivity contribution in [1.29, 1.82) is 0 Å².